The molecule has 84 valence electrons. The SMILES string of the molecule is CSC(CO)C(C)N1C(=O)C2CC2C1=O. The Balaban J connectivity index is 2.10. The van der Waals surface area contributed by atoms with Crippen molar-refractivity contribution in [3.8, 4) is 0 Å². The topological polar surface area (TPSA) is 57.6 Å². The highest BCUT2D eigenvalue weighted by Crippen LogP contribution is 2.48. The van der Waals surface area contributed by atoms with Crippen LogP contribution >= 0.6 is 11.8 Å². The Hall–Kier alpha value is -0.550. The number of carbonyl (C=O) groups excluding carboxylic acids is 2. The summed E-state index contributed by atoms with van der Waals surface area (Å²) in [6, 6.07) is -0.196. The second-order valence-corrected chi connectivity index (χ2v) is 5.27. The van der Waals surface area contributed by atoms with Gasteiger partial charge < -0.3 is 5.11 Å². The molecule has 4 unspecified atom stereocenters. The van der Waals surface area contributed by atoms with E-state index in [4.69, 9.17) is 5.11 Å². The molecular formula is C10H15NO3S. The van der Waals surface area contributed by atoms with E-state index in [-0.39, 0.29) is 41.5 Å². The van der Waals surface area contributed by atoms with Gasteiger partial charge in [-0.25, -0.2) is 0 Å². The summed E-state index contributed by atoms with van der Waals surface area (Å²) >= 11 is 1.49. The highest BCUT2D eigenvalue weighted by Gasteiger charge is 2.60. The number of carbonyl (C=O) groups is 2. The predicted octanol–water partition coefficient (Wildman–Crippen LogP) is 0.104. The van der Waals surface area contributed by atoms with Crippen molar-refractivity contribution in [3.05, 3.63) is 0 Å². The molecule has 4 atom stereocenters. The minimum Gasteiger partial charge on any atom is -0.395 e. The van der Waals surface area contributed by atoms with Crippen LogP contribution in [0.5, 0.6) is 0 Å². The van der Waals surface area contributed by atoms with Gasteiger partial charge in [0.2, 0.25) is 11.8 Å². The van der Waals surface area contributed by atoms with Crippen LogP contribution in [0.1, 0.15) is 13.3 Å². The molecule has 0 aromatic carbocycles. The maximum absolute atomic E-state index is 11.7. The normalized spacial score (nSPS) is 32.9. The van der Waals surface area contributed by atoms with E-state index in [1.807, 2.05) is 13.2 Å². The molecule has 2 aliphatic rings. The Kier molecular flexibility index (Phi) is 2.77. The predicted molar refractivity (Wildman–Crippen MR) is 57.3 cm³/mol. The summed E-state index contributed by atoms with van der Waals surface area (Å²) in [7, 11) is 0. The average Bonchev–Trinajstić information content (AvgIpc) is 2.94. The Bertz CT molecular complexity index is 283. The number of likely N-dealkylation sites (tertiary alicyclic amines) is 1. The number of hydrogen-bond donors (Lipinski definition) is 1. The third-order valence-corrected chi connectivity index (χ3v) is 4.48. The summed E-state index contributed by atoms with van der Waals surface area (Å²) in [4.78, 5) is 24.9. The van der Waals surface area contributed by atoms with Crippen LogP contribution in [0.25, 0.3) is 0 Å². The number of nitrogens with zero attached hydrogens (tertiary/aromatic N) is 1. The second-order valence-electron chi connectivity index (χ2n) is 4.19. The second kappa shape index (κ2) is 3.79. The fourth-order valence-corrected chi connectivity index (χ4v) is 2.86. The third-order valence-electron chi connectivity index (χ3n) is 3.33. The lowest BCUT2D eigenvalue weighted by molar-refractivity contribution is -0.143. The lowest BCUT2D eigenvalue weighted by Gasteiger charge is -2.29. The molecule has 0 bridgehead atoms. The molecule has 1 aliphatic carbocycles. The Morgan fingerprint density at radius 2 is 2.00 bits per heavy atom. The highest BCUT2D eigenvalue weighted by atomic mass is 32.2. The fourth-order valence-electron chi connectivity index (χ4n) is 2.20. The van der Waals surface area contributed by atoms with E-state index in [0.29, 0.717) is 0 Å². The van der Waals surface area contributed by atoms with Crippen LogP contribution in [0.4, 0.5) is 0 Å². The van der Waals surface area contributed by atoms with Gasteiger partial charge in [-0.3, -0.25) is 14.5 Å². The molecule has 0 aromatic rings. The third kappa shape index (κ3) is 1.58. The minimum atomic E-state index is -0.196. The van der Waals surface area contributed by atoms with Crippen LogP contribution in [0.3, 0.4) is 0 Å². The van der Waals surface area contributed by atoms with Gasteiger partial charge in [0.15, 0.2) is 0 Å². The monoisotopic (exact) mass is 229 g/mol. The molecule has 1 aliphatic heterocycles. The van der Waals surface area contributed by atoms with Crippen molar-refractivity contribution in [1.82, 2.24) is 4.90 Å². The van der Waals surface area contributed by atoms with Gasteiger partial charge in [-0.1, -0.05) is 0 Å². The van der Waals surface area contributed by atoms with E-state index >= 15 is 0 Å². The molecule has 4 nitrogen and oxygen atoms in total. The standard InChI is InChI=1S/C10H15NO3S/c1-5(8(4-12)15-2)11-9(13)6-3-7(6)10(11)14/h5-8,12H,3-4H2,1-2H3. The van der Waals surface area contributed by atoms with E-state index in [2.05, 4.69) is 0 Å². The lowest BCUT2D eigenvalue weighted by atomic mass is 10.2. The van der Waals surface area contributed by atoms with Gasteiger partial charge in [0.25, 0.3) is 0 Å². The maximum Gasteiger partial charge on any atom is 0.233 e. The Labute approximate surface area is 93.0 Å². The van der Waals surface area contributed by atoms with Crippen LogP contribution in [0, 0.1) is 11.8 Å². The van der Waals surface area contributed by atoms with Gasteiger partial charge >= 0.3 is 0 Å². The first-order valence-electron chi connectivity index (χ1n) is 5.12. The zero-order valence-electron chi connectivity index (χ0n) is 8.84. The van der Waals surface area contributed by atoms with Gasteiger partial charge in [-0.15, -0.1) is 0 Å². The van der Waals surface area contributed by atoms with Crippen molar-refractivity contribution < 1.29 is 14.7 Å². The molecule has 0 aromatic heterocycles. The Morgan fingerprint density at radius 1 is 1.47 bits per heavy atom. The van der Waals surface area contributed by atoms with E-state index in [0.717, 1.165) is 6.42 Å². The van der Waals surface area contributed by atoms with E-state index < -0.39 is 0 Å². The smallest absolute Gasteiger partial charge is 0.233 e. The average molecular weight is 229 g/mol. The van der Waals surface area contributed by atoms with Crippen molar-refractivity contribution >= 4 is 23.6 Å². The van der Waals surface area contributed by atoms with Crippen molar-refractivity contribution in [2.75, 3.05) is 12.9 Å². The van der Waals surface area contributed by atoms with Crippen LogP contribution in [0.2, 0.25) is 0 Å². The number of thioether (sulfide) groups is 1. The van der Waals surface area contributed by atoms with Crippen LogP contribution in [-0.2, 0) is 9.59 Å². The summed E-state index contributed by atoms with van der Waals surface area (Å²) in [5.74, 6) is -0.155. The quantitative estimate of drug-likeness (QED) is 0.695. The number of hydrogen-bond acceptors (Lipinski definition) is 4. The fraction of sp³-hybridized carbons (Fsp3) is 0.800. The summed E-state index contributed by atoms with van der Waals surface area (Å²) in [6.45, 7) is 1.83. The maximum atomic E-state index is 11.7. The largest absolute Gasteiger partial charge is 0.395 e. The summed E-state index contributed by atoms with van der Waals surface area (Å²) in [5.41, 5.74) is 0. The molecule has 1 N–H and O–H groups in total. The number of amides is 2. The van der Waals surface area contributed by atoms with E-state index in [9.17, 15) is 9.59 Å². The van der Waals surface area contributed by atoms with Crippen LogP contribution < -0.4 is 0 Å². The van der Waals surface area contributed by atoms with Gasteiger partial charge in [0.05, 0.1) is 24.5 Å². The molecule has 2 fully saturated rings. The van der Waals surface area contributed by atoms with Crippen molar-refractivity contribution in [3.63, 3.8) is 0 Å². The molecule has 2 amide bonds. The number of imide groups is 1. The van der Waals surface area contributed by atoms with Gasteiger partial charge in [0.1, 0.15) is 0 Å². The zero-order chi connectivity index (χ0) is 11.2. The number of aliphatic hydroxyl groups is 1. The lowest BCUT2D eigenvalue weighted by Crippen LogP contribution is -2.46. The summed E-state index contributed by atoms with van der Waals surface area (Å²) < 4.78 is 0. The zero-order valence-corrected chi connectivity index (χ0v) is 9.66. The van der Waals surface area contributed by atoms with E-state index in [1.54, 1.807) is 0 Å². The molecule has 0 spiro atoms. The molecule has 5 heteroatoms. The molecule has 1 heterocycles. The Morgan fingerprint density at radius 3 is 2.40 bits per heavy atom. The van der Waals surface area contributed by atoms with Crippen molar-refractivity contribution in [2.24, 2.45) is 11.8 Å². The number of rotatable bonds is 4. The number of piperidine rings is 1. The van der Waals surface area contributed by atoms with Gasteiger partial charge in [-0.05, 0) is 19.6 Å². The van der Waals surface area contributed by atoms with Crippen LogP contribution in [-0.4, -0.2) is 46.0 Å². The minimum absolute atomic E-state index is 0.00523. The van der Waals surface area contributed by atoms with Gasteiger partial charge in [-0.2, -0.15) is 11.8 Å². The first kappa shape index (κ1) is 11.0. The first-order chi connectivity index (χ1) is 7.11. The van der Waals surface area contributed by atoms with E-state index in [1.165, 1.54) is 16.7 Å². The van der Waals surface area contributed by atoms with Crippen molar-refractivity contribution in [2.45, 2.75) is 24.6 Å². The highest BCUT2D eigenvalue weighted by molar-refractivity contribution is 7.99. The molecule has 15 heavy (non-hydrogen) atoms. The number of fused-ring (bicyclic) bond motifs is 1. The summed E-state index contributed by atoms with van der Waals surface area (Å²) in [5, 5.41) is 9.06. The molecule has 1 saturated heterocycles. The first-order valence-corrected chi connectivity index (χ1v) is 6.41. The summed E-state index contributed by atoms with van der Waals surface area (Å²) in [6.07, 6.45) is 2.62. The van der Waals surface area contributed by atoms with Crippen LogP contribution in [0.15, 0.2) is 0 Å². The van der Waals surface area contributed by atoms with Crippen molar-refractivity contribution in [1.29, 1.82) is 0 Å². The molecular weight excluding hydrogens is 214 g/mol. The molecule has 2 rings (SSSR count). The number of aliphatic hydroxyl groups excluding tert-OH is 1. The molecule has 0 radical (unpaired) electrons. The van der Waals surface area contributed by atoms with Gasteiger partial charge in [0, 0.05) is 5.25 Å². The molecule has 1 saturated carbocycles.